The van der Waals surface area contributed by atoms with E-state index in [0.29, 0.717) is 13.2 Å². The molecule has 5 heteroatoms. The van der Waals surface area contributed by atoms with E-state index in [-0.39, 0.29) is 41.9 Å². The van der Waals surface area contributed by atoms with Gasteiger partial charge in [-0.05, 0) is 26.3 Å². The summed E-state index contributed by atoms with van der Waals surface area (Å²) in [5.74, 6) is -0.0713. The Morgan fingerprint density at radius 3 is 2.45 bits per heavy atom. The van der Waals surface area contributed by atoms with E-state index in [1.54, 1.807) is 0 Å². The molecule has 0 spiro atoms. The first-order valence-electron chi connectivity index (χ1n) is 7.56. The maximum Gasteiger partial charge on any atom is 0.227 e. The number of nitrogens with two attached hydrogens (primary N) is 1. The lowest BCUT2D eigenvalue weighted by atomic mass is 9.94. The molecule has 1 aromatic rings. The molecule has 4 nitrogen and oxygen atoms in total. The van der Waals surface area contributed by atoms with Crippen LogP contribution in [0.15, 0.2) is 30.3 Å². The Morgan fingerprint density at radius 2 is 1.91 bits per heavy atom. The zero-order valence-corrected chi connectivity index (χ0v) is 14.6. The van der Waals surface area contributed by atoms with Crippen LogP contribution in [0.4, 0.5) is 0 Å². The van der Waals surface area contributed by atoms with Crippen molar-refractivity contribution in [1.82, 2.24) is 4.90 Å². The second-order valence-corrected chi connectivity index (χ2v) is 6.62. The molecular formula is C17H27ClN2O2. The van der Waals surface area contributed by atoms with Crippen LogP contribution in [0.25, 0.3) is 0 Å². The highest BCUT2D eigenvalue weighted by Gasteiger charge is 2.40. The number of benzene rings is 1. The number of rotatable bonds is 3. The van der Waals surface area contributed by atoms with Gasteiger partial charge in [0.1, 0.15) is 6.10 Å². The molecule has 2 rings (SSSR count). The van der Waals surface area contributed by atoms with E-state index < -0.39 is 0 Å². The van der Waals surface area contributed by atoms with Gasteiger partial charge in [-0.1, -0.05) is 37.3 Å². The Kier molecular flexibility index (Phi) is 6.41. The summed E-state index contributed by atoms with van der Waals surface area (Å²) < 4.78 is 5.97. The van der Waals surface area contributed by atoms with Gasteiger partial charge in [0.25, 0.3) is 0 Å². The van der Waals surface area contributed by atoms with Crippen molar-refractivity contribution in [1.29, 1.82) is 0 Å². The molecular weight excluding hydrogens is 300 g/mol. The lowest BCUT2D eigenvalue weighted by Gasteiger charge is -2.46. The highest BCUT2D eigenvalue weighted by molar-refractivity contribution is 5.85. The van der Waals surface area contributed by atoms with E-state index in [1.807, 2.05) is 62.9 Å². The highest BCUT2D eigenvalue weighted by Crippen LogP contribution is 2.31. The summed E-state index contributed by atoms with van der Waals surface area (Å²) in [6.45, 7) is 8.97. The van der Waals surface area contributed by atoms with Crippen LogP contribution in [0, 0.1) is 5.92 Å². The van der Waals surface area contributed by atoms with Crippen LogP contribution in [0.5, 0.6) is 0 Å². The molecule has 3 unspecified atom stereocenters. The minimum atomic E-state index is -0.300. The average Bonchev–Trinajstić information content (AvgIpc) is 2.46. The maximum atomic E-state index is 12.7. The van der Waals surface area contributed by atoms with Crippen molar-refractivity contribution in [2.75, 3.05) is 13.2 Å². The van der Waals surface area contributed by atoms with Gasteiger partial charge in [-0.15, -0.1) is 12.4 Å². The van der Waals surface area contributed by atoms with E-state index in [2.05, 4.69) is 0 Å². The average molecular weight is 327 g/mol. The first-order chi connectivity index (χ1) is 9.83. The molecule has 1 aliphatic heterocycles. The van der Waals surface area contributed by atoms with Crippen LogP contribution in [0.3, 0.4) is 0 Å². The largest absolute Gasteiger partial charge is 0.369 e. The third-order valence-corrected chi connectivity index (χ3v) is 4.33. The summed E-state index contributed by atoms with van der Waals surface area (Å²) in [7, 11) is 0. The molecule has 1 fully saturated rings. The van der Waals surface area contributed by atoms with E-state index in [4.69, 9.17) is 10.5 Å². The number of carbonyl (C=O) groups excluding carboxylic acids is 1. The van der Waals surface area contributed by atoms with Gasteiger partial charge in [-0.3, -0.25) is 4.79 Å². The second-order valence-electron chi connectivity index (χ2n) is 6.62. The van der Waals surface area contributed by atoms with Crippen molar-refractivity contribution in [2.45, 2.75) is 45.4 Å². The van der Waals surface area contributed by atoms with Crippen LogP contribution >= 0.6 is 12.4 Å². The van der Waals surface area contributed by atoms with Gasteiger partial charge < -0.3 is 15.4 Å². The summed E-state index contributed by atoms with van der Waals surface area (Å²) in [5.41, 5.74) is 6.71. The van der Waals surface area contributed by atoms with Crippen molar-refractivity contribution in [3.63, 3.8) is 0 Å². The van der Waals surface area contributed by atoms with Crippen LogP contribution < -0.4 is 5.73 Å². The Labute approximate surface area is 139 Å². The Hall–Kier alpha value is -1.10. The quantitative estimate of drug-likeness (QED) is 0.929. The molecule has 1 aliphatic rings. The predicted molar refractivity (Wildman–Crippen MR) is 91.0 cm³/mol. The zero-order valence-electron chi connectivity index (χ0n) is 13.8. The van der Waals surface area contributed by atoms with Crippen LogP contribution in [0.2, 0.25) is 0 Å². The topological polar surface area (TPSA) is 55.6 Å². The molecule has 1 saturated heterocycles. The summed E-state index contributed by atoms with van der Waals surface area (Å²) in [6.07, 6.45) is -0.0662. The van der Waals surface area contributed by atoms with Crippen molar-refractivity contribution in [2.24, 2.45) is 11.7 Å². The number of amides is 1. The van der Waals surface area contributed by atoms with Gasteiger partial charge in [0.15, 0.2) is 0 Å². The van der Waals surface area contributed by atoms with E-state index in [1.165, 1.54) is 0 Å². The van der Waals surface area contributed by atoms with Crippen LogP contribution in [-0.2, 0) is 9.53 Å². The molecule has 2 N–H and O–H groups in total. The fourth-order valence-corrected chi connectivity index (χ4v) is 2.58. The third-order valence-electron chi connectivity index (χ3n) is 4.33. The summed E-state index contributed by atoms with van der Waals surface area (Å²) in [4.78, 5) is 14.7. The fourth-order valence-electron chi connectivity index (χ4n) is 2.58. The third kappa shape index (κ3) is 4.00. The monoisotopic (exact) mass is 326 g/mol. The number of ether oxygens (including phenoxy) is 1. The van der Waals surface area contributed by atoms with E-state index in [0.717, 1.165) is 5.56 Å². The van der Waals surface area contributed by atoms with Crippen molar-refractivity contribution in [3.8, 4) is 0 Å². The molecule has 124 valence electrons. The van der Waals surface area contributed by atoms with E-state index >= 15 is 0 Å². The minimum absolute atomic E-state index is 0. The summed E-state index contributed by atoms with van der Waals surface area (Å²) in [5, 5.41) is 0. The number of carbonyl (C=O) groups is 1. The first kappa shape index (κ1) is 18.9. The molecule has 1 heterocycles. The van der Waals surface area contributed by atoms with Crippen molar-refractivity contribution < 1.29 is 9.53 Å². The standard InChI is InChI=1S/C17H26N2O2.ClH/c1-12(13(2)18)16(20)19-10-15(21-11-17(19,3)4)14-8-6-5-7-9-14;/h5-9,12-13,15H,10-11,18H2,1-4H3;1H. The van der Waals surface area contributed by atoms with Crippen LogP contribution in [0.1, 0.15) is 39.4 Å². The predicted octanol–water partition coefficient (Wildman–Crippen LogP) is 2.77. The molecule has 0 saturated carbocycles. The molecule has 1 aromatic carbocycles. The van der Waals surface area contributed by atoms with Crippen LogP contribution in [-0.4, -0.2) is 35.5 Å². The van der Waals surface area contributed by atoms with Gasteiger partial charge in [-0.2, -0.15) is 0 Å². The Morgan fingerprint density at radius 1 is 1.32 bits per heavy atom. The number of morpholine rings is 1. The number of hydrogen-bond donors (Lipinski definition) is 1. The fraction of sp³-hybridized carbons (Fsp3) is 0.588. The summed E-state index contributed by atoms with van der Waals surface area (Å²) >= 11 is 0. The molecule has 0 aliphatic carbocycles. The number of nitrogens with zero attached hydrogens (tertiary/aromatic N) is 1. The normalized spacial score (nSPS) is 23.3. The summed E-state index contributed by atoms with van der Waals surface area (Å²) in [6, 6.07) is 9.91. The van der Waals surface area contributed by atoms with Gasteiger partial charge in [0.05, 0.1) is 24.6 Å². The lowest BCUT2D eigenvalue weighted by molar-refractivity contribution is -0.159. The van der Waals surface area contributed by atoms with Gasteiger partial charge in [-0.25, -0.2) is 0 Å². The van der Waals surface area contributed by atoms with Gasteiger partial charge in [0.2, 0.25) is 5.91 Å². The Balaban J connectivity index is 0.00000242. The Bertz CT molecular complexity index is 491. The SMILES string of the molecule is CC(N)C(C)C(=O)N1CC(c2ccccc2)OCC1(C)C.Cl. The highest BCUT2D eigenvalue weighted by atomic mass is 35.5. The lowest BCUT2D eigenvalue weighted by Crippen LogP contribution is -2.58. The van der Waals surface area contributed by atoms with Gasteiger partial charge in [0, 0.05) is 6.04 Å². The first-order valence-corrected chi connectivity index (χ1v) is 7.56. The van der Waals surface area contributed by atoms with Crippen molar-refractivity contribution in [3.05, 3.63) is 35.9 Å². The smallest absolute Gasteiger partial charge is 0.227 e. The van der Waals surface area contributed by atoms with Gasteiger partial charge >= 0.3 is 0 Å². The second kappa shape index (κ2) is 7.44. The molecule has 0 radical (unpaired) electrons. The maximum absolute atomic E-state index is 12.7. The number of hydrogen-bond acceptors (Lipinski definition) is 3. The van der Waals surface area contributed by atoms with Crippen molar-refractivity contribution >= 4 is 18.3 Å². The molecule has 0 bridgehead atoms. The van der Waals surface area contributed by atoms with E-state index in [9.17, 15) is 4.79 Å². The zero-order chi connectivity index (χ0) is 15.6. The molecule has 3 atom stereocenters. The number of halogens is 1. The molecule has 0 aromatic heterocycles. The minimum Gasteiger partial charge on any atom is -0.369 e. The molecule has 22 heavy (non-hydrogen) atoms. The molecule has 1 amide bonds.